The first-order chi connectivity index (χ1) is 16.5. The zero-order valence-electron chi connectivity index (χ0n) is 18.9. The lowest BCUT2D eigenvalue weighted by atomic mass is 10.1. The summed E-state index contributed by atoms with van der Waals surface area (Å²) in [6.07, 6.45) is 2.49. The summed E-state index contributed by atoms with van der Waals surface area (Å²) < 4.78 is 38.0. The number of halogens is 1. The second-order valence-electron chi connectivity index (χ2n) is 8.01. The van der Waals surface area contributed by atoms with Crippen LogP contribution in [-0.2, 0) is 26.0 Å². The first kappa shape index (κ1) is 25.8. The van der Waals surface area contributed by atoms with E-state index in [0.717, 1.165) is 17.7 Å². The van der Waals surface area contributed by atoms with E-state index in [2.05, 4.69) is 22.3 Å². The molecule has 12 heteroatoms. The molecule has 4 N–H and O–H groups in total. The maximum Gasteiger partial charge on any atom is 0.264 e. The van der Waals surface area contributed by atoms with Crippen molar-refractivity contribution in [1.29, 1.82) is 0 Å². The van der Waals surface area contributed by atoms with Gasteiger partial charge < -0.3 is 10.4 Å². The van der Waals surface area contributed by atoms with E-state index in [1.807, 2.05) is 0 Å². The van der Waals surface area contributed by atoms with Gasteiger partial charge in [-0.05, 0) is 49.7 Å². The number of nitrogens with zero attached hydrogens (tertiary/aromatic N) is 2. The van der Waals surface area contributed by atoms with Crippen molar-refractivity contribution in [1.82, 2.24) is 15.3 Å². The molecule has 0 bridgehead atoms. The number of sulfone groups is 1. The first-order valence-corrected chi connectivity index (χ1v) is 12.2. The molecule has 0 saturated carbocycles. The number of benzene rings is 2. The van der Waals surface area contributed by atoms with E-state index in [-0.39, 0.29) is 18.7 Å². The summed E-state index contributed by atoms with van der Waals surface area (Å²) in [7, 11) is -3.82. The van der Waals surface area contributed by atoms with Crippen molar-refractivity contribution < 1.29 is 32.7 Å². The minimum Gasteiger partial charge on any atom is -0.387 e. The fourth-order valence-corrected chi connectivity index (χ4v) is 4.06. The minimum absolute atomic E-state index is 0.0631. The molecular weight excluding hydrogens is 479 g/mol. The van der Waals surface area contributed by atoms with Gasteiger partial charge in [-0.3, -0.25) is 19.5 Å². The van der Waals surface area contributed by atoms with Crippen LogP contribution < -0.4 is 10.8 Å². The van der Waals surface area contributed by atoms with Crippen molar-refractivity contribution in [3.05, 3.63) is 59.5 Å². The van der Waals surface area contributed by atoms with Gasteiger partial charge in [-0.25, -0.2) is 18.3 Å². The molecule has 1 aromatic heterocycles. The van der Waals surface area contributed by atoms with Crippen molar-refractivity contribution in [2.24, 2.45) is 0 Å². The van der Waals surface area contributed by atoms with Crippen LogP contribution in [-0.4, -0.2) is 57.9 Å². The maximum atomic E-state index is 14.1. The molecule has 0 spiro atoms. The van der Waals surface area contributed by atoms with E-state index < -0.39 is 38.8 Å². The summed E-state index contributed by atoms with van der Waals surface area (Å²) in [5, 5.41) is 25.0. The Morgan fingerprint density at radius 2 is 1.83 bits per heavy atom. The standard InChI is InChI=1S/C23H23FN4O6S/c1-23(22(31)27-32,35(2,33)34)9-10-28-13-17-11-15(5-7-19(17)26-28)3-4-16-6-8-20(18(24)12-16)25-21(30)14-29/h5-8,11-13,29,32H,9-10,14H2,1-2H3,(H,25,30)(H,27,31). The van der Waals surface area contributed by atoms with Gasteiger partial charge in [0.25, 0.3) is 5.91 Å². The van der Waals surface area contributed by atoms with Gasteiger partial charge in [-0.15, -0.1) is 0 Å². The Morgan fingerprint density at radius 3 is 2.43 bits per heavy atom. The Bertz CT molecular complexity index is 1460. The zero-order chi connectivity index (χ0) is 25.8. The average molecular weight is 503 g/mol. The molecule has 2 aromatic carbocycles. The van der Waals surface area contributed by atoms with Gasteiger partial charge in [-0.2, -0.15) is 5.10 Å². The van der Waals surface area contributed by atoms with Crippen molar-refractivity contribution in [2.75, 3.05) is 18.2 Å². The second-order valence-corrected chi connectivity index (χ2v) is 10.5. The number of aliphatic hydroxyl groups is 1. The topological polar surface area (TPSA) is 151 Å². The largest absolute Gasteiger partial charge is 0.387 e. The van der Waals surface area contributed by atoms with Crippen LogP contribution >= 0.6 is 0 Å². The van der Waals surface area contributed by atoms with Gasteiger partial charge in [0, 0.05) is 35.5 Å². The number of anilines is 1. The Balaban J connectivity index is 1.78. The van der Waals surface area contributed by atoms with E-state index >= 15 is 0 Å². The number of hydroxylamine groups is 1. The summed E-state index contributed by atoms with van der Waals surface area (Å²) in [6.45, 7) is 0.584. The number of carbonyl (C=O) groups is 2. The third-order valence-corrected chi connectivity index (χ3v) is 7.53. The van der Waals surface area contributed by atoms with Crippen LogP contribution in [0.25, 0.3) is 10.9 Å². The number of hydrogen-bond donors (Lipinski definition) is 4. The van der Waals surface area contributed by atoms with Gasteiger partial charge in [0.1, 0.15) is 12.4 Å². The van der Waals surface area contributed by atoms with E-state index in [9.17, 15) is 22.4 Å². The summed E-state index contributed by atoms with van der Waals surface area (Å²) in [6, 6.07) is 9.24. The van der Waals surface area contributed by atoms with Crippen molar-refractivity contribution in [3.63, 3.8) is 0 Å². The smallest absolute Gasteiger partial charge is 0.264 e. The van der Waals surface area contributed by atoms with Crippen LogP contribution in [0.4, 0.5) is 10.1 Å². The highest BCUT2D eigenvalue weighted by Crippen LogP contribution is 2.23. The quantitative estimate of drug-likeness (QED) is 0.215. The molecule has 0 aliphatic rings. The molecule has 1 atom stereocenters. The van der Waals surface area contributed by atoms with E-state index in [0.29, 0.717) is 16.6 Å². The van der Waals surface area contributed by atoms with Gasteiger partial charge >= 0.3 is 0 Å². The molecule has 0 aliphatic heterocycles. The molecule has 0 aliphatic carbocycles. The number of fused-ring (bicyclic) bond motifs is 1. The lowest BCUT2D eigenvalue weighted by Crippen LogP contribution is -2.49. The van der Waals surface area contributed by atoms with Crippen LogP contribution in [0.3, 0.4) is 0 Å². The summed E-state index contributed by atoms with van der Waals surface area (Å²) >= 11 is 0. The highest BCUT2D eigenvalue weighted by molar-refractivity contribution is 7.92. The number of rotatable bonds is 7. The molecule has 0 saturated heterocycles. The number of nitrogens with one attached hydrogen (secondary N) is 2. The monoisotopic (exact) mass is 502 g/mol. The molecule has 3 rings (SSSR count). The molecule has 10 nitrogen and oxygen atoms in total. The predicted molar refractivity (Wildman–Crippen MR) is 126 cm³/mol. The van der Waals surface area contributed by atoms with Crippen LogP contribution in [0.1, 0.15) is 24.5 Å². The first-order valence-electron chi connectivity index (χ1n) is 10.3. The fraction of sp³-hybridized carbons (Fsp3) is 0.261. The number of aromatic nitrogens is 2. The molecular formula is C23H23FN4O6S. The van der Waals surface area contributed by atoms with Gasteiger partial charge in [0.2, 0.25) is 5.91 Å². The third-order valence-electron chi connectivity index (χ3n) is 5.51. The summed E-state index contributed by atoms with van der Waals surface area (Å²) in [5.74, 6) is 3.32. The van der Waals surface area contributed by atoms with E-state index in [1.54, 1.807) is 24.4 Å². The van der Waals surface area contributed by atoms with E-state index in [1.165, 1.54) is 29.2 Å². The van der Waals surface area contributed by atoms with Gasteiger partial charge in [-0.1, -0.05) is 11.8 Å². The maximum absolute atomic E-state index is 14.1. The van der Waals surface area contributed by atoms with Gasteiger partial charge in [0.15, 0.2) is 14.6 Å². The predicted octanol–water partition coefficient (Wildman–Crippen LogP) is 1.20. The lowest BCUT2D eigenvalue weighted by molar-refractivity contribution is -0.131. The summed E-state index contributed by atoms with van der Waals surface area (Å²) in [5.41, 5.74) is 2.97. The van der Waals surface area contributed by atoms with Gasteiger partial charge in [0.05, 0.1) is 11.2 Å². The Hall–Kier alpha value is -3.79. The SMILES string of the molecule is CC(CCn1cc2cc(C#Cc3ccc(NC(=O)CO)c(F)c3)ccc2n1)(C(=O)NO)S(C)(=O)=O. The number of amides is 2. The molecule has 184 valence electrons. The highest BCUT2D eigenvalue weighted by atomic mass is 32.2. The fourth-order valence-electron chi connectivity index (χ4n) is 3.21. The van der Waals surface area contributed by atoms with Crippen molar-refractivity contribution in [3.8, 4) is 11.8 Å². The van der Waals surface area contributed by atoms with Crippen LogP contribution in [0.15, 0.2) is 42.6 Å². The molecule has 0 fully saturated rings. The Labute approximate surface area is 200 Å². The summed E-state index contributed by atoms with van der Waals surface area (Å²) in [4.78, 5) is 23.2. The Morgan fingerprint density at radius 1 is 1.17 bits per heavy atom. The zero-order valence-corrected chi connectivity index (χ0v) is 19.7. The van der Waals surface area contributed by atoms with E-state index in [4.69, 9.17) is 10.3 Å². The average Bonchev–Trinajstić information content (AvgIpc) is 3.23. The van der Waals surface area contributed by atoms with Crippen LogP contribution in [0.2, 0.25) is 0 Å². The molecule has 1 heterocycles. The molecule has 35 heavy (non-hydrogen) atoms. The Kier molecular flexibility index (Phi) is 7.54. The number of hydrogen-bond acceptors (Lipinski definition) is 7. The number of aliphatic hydroxyl groups excluding tert-OH is 1. The third kappa shape index (κ3) is 5.83. The van der Waals surface area contributed by atoms with Crippen LogP contribution in [0.5, 0.6) is 0 Å². The van der Waals surface area contributed by atoms with Crippen molar-refractivity contribution >= 4 is 38.2 Å². The number of carbonyl (C=O) groups excluding carboxylic acids is 2. The lowest BCUT2D eigenvalue weighted by Gasteiger charge is -2.24. The minimum atomic E-state index is -3.82. The number of aryl methyl sites for hydroxylation is 1. The normalized spacial score (nSPS) is 12.9. The van der Waals surface area contributed by atoms with Crippen molar-refractivity contribution in [2.45, 2.75) is 24.6 Å². The molecule has 3 aromatic rings. The second kappa shape index (κ2) is 10.2. The molecule has 2 amide bonds. The van der Waals surface area contributed by atoms with Crippen LogP contribution in [0, 0.1) is 17.7 Å². The highest BCUT2D eigenvalue weighted by Gasteiger charge is 2.43. The molecule has 0 radical (unpaired) electrons. The molecule has 1 unspecified atom stereocenters.